The summed E-state index contributed by atoms with van der Waals surface area (Å²) in [6.45, 7) is 2.18. The molecule has 4 nitrogen and oxygen atoms in total. The lowest BCUT2D eigenvalue weighted by Gasteiger charge is -2.21. The van der Waals surface area contributed by atoms with Crippen molar-refractivity contribution in [3.05, 3.63) is 24.0 Å². The number of aryl methyl sites for hydroxylation is 1. The molecule has 0 saturated carbocycles. The second-order valence-electron chi connectivity index (χ2n) is 4.43. The van der Waals surface area contributed by atoms with Crippen molar-refractivity contribution in [2.24, 2.45) is 7.05 Å². The maximum Gasteiger partial charge on any atom is 0.157 e. The van der Waals surface area contributed by atoms with Crippen LogP contribution in [-0.4, -0.2) is 27.9 Å². The minimum Gasteiger partial charge on any atom is -0.316 e. The molecule has 1 fully saturated rings. The third-order valence-corrected chi connectivity index (χ3v) is 3.31. The summed E-state index contributed by atoms with van der Waals surface area (Å²) in [5, 5.41) is 9.27. The van der Waals surface area contributed by atoms with Gasteiger partial charge in [0.1, 0.15) is 0 Å². The van der Waals surface area contributed by atoms with Gasteiger partial charge in [-0.2, -0.15) is 5.10 Å². The molecule has 6 heteroatoms. The highest BCUT2D eigenvalue weighted by Gasteiger charge is 2.21. The number of nitrogens with one attached hydrogen (secondary N) is 1. The number of hydrogen-bond acceptors (Lipinski definition) is 3. The van der Waals surface area contributed by atoms with Crippen molar-refractivity contribution < 1.29 is 0 Å². The second-order valence-corrected chi connectivity index (χ2v) is 4.43. The lowest BCUT2D eigenvalue weighted by Crippen LogP contribution is -2.28. The molecule has 1 aliphatic rings. The van der Waals surface area contributed by atoms with Crippen LogP contribution in [0, 0.1) is 0 Å². The van der Waals surface area contributed by atoms with Crippen LogP contribution in [0.1, 0.15) is 24.5 Å². The predicted octanol–water partition coefficient (Wildman–Crippen LogP) is 2.28. The molecule has 2 aromatic rings. The zero-order valence-electron chi connectivity index (χ0n) is 10.3. The number of nitrogens with zero attached hydrogens (tertiary/aromatic N) is 3. The molecule has 100 valence electrons. The smallest absolute Gasteiger partial charge is 0.157 e. The highest BCUT2D eigenvalue weighted by molar-refractivity contribution is 5.85. The molecular formula is C12H18Cl2N4. The summed E-state index contributed by atoms with van der Waals surface area (Å²) in [5.74, 6) is 0.543. The Kier molecular flexibility index (Phi) is 5.38. The molecule has 1 saturated heterocycles. The Morgan fingerprint density at radius 1 is 1.39 bits per heavy atom. The summed E-state index contributed by atoms with van der Waals surface area (Å²) < 4.78 is 1.89. The third kappa shape index (κ3) is 2.60. The topological polar surface area (TPSA) is 42.7 Å². The zero-order chi connectivity index (χ0) is 11.0. The van der Waals surface area contributed by atoms with Gasteiger partial charge in [0.15, 0.2) is 5.65 Å². The molecule has 2 aromatic heterocycles. The van der Waals surface area contributed by atoms with Crippen LogP contribution >= 0.6 is 24.8 Å². The summed E-state index contributed by atoms with van der Waals surface area (Å²) in [6.07, 6.45) is 4.30. The molecule has 0 aromatic carbocycles. The normalized spacial score (nSPS) is 19.1. The predicted molar refractivity (Wildman–Crippen MR) is 77.8 cm³/mol. The van der Waals surface area contributed by atoms with E-state index in [-0.39, 0.29) is 24.8 Å². The molecule has 1 aliphatic heterocycles. The first kappa shape index (κ1) is 15.2. The number of fused-ring (bicyclic) bond motifs is 1. The fraction of sp³-hybridized carbons (Fsp3) is 0.500. The molecule has 1 atom stereocenters. The Morgan fingerprint density at radius 3 is 2.94 bits per heavy atom. The third-order valence-electron chi connectivity index (χ3n) is 3.31. The largest absolute Gasteiger partial charge is 0.316 e. The standard InChI is InChI=1S/C12H16N4.2ClH/c1-16-12-10(5-3-7-14-12)11(15-16)9-4-2-6-13-8-9;;/h3,5,7,9,13H,2,4,6,8H2,1H3;2*1H. The van der Waals surface area contributed by atoms with Crippen molar-refractivity contribution in [1.82, 2.24) is 20.1 Å². The summed E-state index contributed by atoms with van der Waals surface area (Å²) >= 11 is 0. The van der Waals surface area contributed by atoms with Gasteiger partial charge in [-0.25, -0.2) is 4.98 Å². The number of pyridine rings is 1. The molecule has 0 amide bonds. The van der Waals surface area contributed by atoms with E-state index >= 15 is 0 Å². The first-order chi connectivity index (χ1) is 7.86. The van der Waals surface area contributed by atoms with Gasteiger partial charge in [0.2, 0.25) is 0 Å². The molecule has 3 heterocycles. The molecular weight excluding hydrogens is 271 g/mol. The Labute approximate surface area is 119 Å². The van der Waals surface area contributed by atoms with E-state index in [2.05, 4.69) is 21.5 Å². The van der Waals surface area contributed by atoms with Crippen LogP contribution in [0.15, 0.2) is 18.3 Å². The van der Waals surface area contributed by atoms with Crippen LogP contribution < -0.4 is 5.32 Å². The van der Waals surface area contributed by atoms with E-state index in [1.54, 1.807) is 0 Å². The molecule has 0 spiro atoms. The van der Waals surface area contributed by atoms with Gasteiger partial charge in [0, 0.05) is 31.1 Å². The van der Waals surface area contributed by atoms with Crippen molar-refractivity contribution in [3.63, 3.8) is 0 Å². The van der Waals surface area contributed by atoms with Gasteiger partial charge in [-0.1, -0.05) is 0 Å². The Balaban J connectivity index is 0.000000810. The van der Waals surface area contributed by atoms with Gasteiger partial charge >= 0.3 is 0 Å². The molecule has 1 unspecified atom stereocenters. The van der Waals surface area contributed by atoms with E-state index < -0.39 is 0 Å². The number of piperidine rings is 1. The summed E-state index contributed by atoms with van der Waals surface area (Å²) in [6, 6.07) is 4.11. The van der Waals surface area contributed by atoms with Gasteiger partial charge in [-0.3, -0.25) is 4.68 Å². The monoisotopic (exact) mass is 288 g/mol. The first-order valence-electron chi connectivity index (χ1n) is 5.84. The molecule has 3 rings (SSSR count). The van der Waals surface area contributed by atoms with E-state index in [0.717, 1.165) is 18.7 Å². The van der Waals surface area contributed by atoms with E-state index in [9.17, 15) is 0 Å². The lowest BCUT2D eigenvalue weighted by atomic mass is 9.94. The van der Waals surface area contributed by atoms with E-state index in [1.165, 1.54) is 23.9 Å². The fourth-order valence-electron chi connectivity index (χ4n) is 2.50. The molecule has 18 heavy (non-hydrogen) atoms. The zero-order valence-corrected chi connectivity index (χ0v) is 11.9. The van der Waals surface area contributed by atoms with Gasteiger partial charge < -0.3 is 5.32 Å². The van der Waals surface area contributed by atoms with E-state index in [1.807, 2.05) is 24.0 Å². The van der Waals surface area contributed by atoms with Gasteiger partial charge in [-0.15, -0.1) is 24.8 Å². The Hall–Kier alpha value is -0.840. The van der Waals surface area contributed by atoms with Crippen molar-refractivity contribution in [2.75, 3.05) is 13.1 Å². The molecule has 0 aliphatic carbocycles. The first-order valence-corrected chi connectivity index (χ1v) is 5.84. The molecule has 0 bridgehead atoms. The quantitative estimate of drug-likeness (QED) is 0.876. The van der Waals surface area contributed by atoms with Crippen LogP contribution in [0.5, 0.6) is 0 Å². The number of hydrogen-bond donors (Lipinski definition) is 1. The minimum absolute atomic E-state index is 0. The van der Waals surface area contributed by atoms with Crippen molar-refractivity contribution >= 4 is 35.8 Å². The number of aromatic nitrogens is 3. The number of rotatable bonds is 1. The van der Waals surface area contributed by atoms with Crippen molar-refractivity contribution in [3.8, 4) is 0 Å². The number of halogens is 2. The van der Waals surface area contributed by atoms with Crippen molar-refractivity contribution in [2.45, 2.75) is 18.8 Å². The molecule has 0 radical (unpaired) electrons. The summed E-state index contributed by atoms with van der Waals surface area (Å²) in [4.78, 5) is 4.38. The highest BCUT2D eigenvalue weighted by Crippen LogP contribution is 2.27. The van der Waals surface area contributed by atoms with Gasteiger partial charge in [-0.05, 0) is 31.5 Å². The average Bonchev–Trinajstić information content (AvgIpc) is 2.69. The fourth-order valence-corrected chi connectivity index (χ4v) is 2.50. The Morgan fingerprint density at radius 2 is 2.22 bits per heavy atom. The summed E-state index contributed by atoms with van der Waals surface area (Å²) in [5.41, 5.74) is 2.20. The lowest BCUT2D eigenvalue weighted by molar-refractivity contribution is 0.453. The van der Waals surface area contributed by atoms with Crippen LogP contribution in [0.25, 0.3) is 11.0 Å². The Bertz CT molecular complexity index is 506. The van der Waals surface area contributed by atoms with E-state index in [4.69, 9.17) is 0 Å². The van der Waals surface area contributed by atoms with E-state index in [0.29, 0.717) is 5.92 Å². The summed E-state index contributed by atoms with van der Waals surface area (Å²) in [7, 11) is 1.97. The van der Waals surface area contributed by atoms with Crippen LogP contribution in [0.3, 0.4) is 0 Å². The highest BCUT2D eigenvalue weighted by atomic mass is 35.5. The van der Waals surface area contributed by atoms with Crippen LogP contribution in [0.2, 0.25) is 0 Å². The minimum atomic E-state index is 0. The maximum atomic E-state index is 4.63. The van der Waals surface area contributed by atoms with Crippen molar-refractivity contribution in [1.29, 1.82) is 0 Å². The second kappa shape index (κ2) is 6.36. The maximum absolute atomic E-state index is 4.63. The van der Waals surface area contributed by atoms with Crippen LogP contribution in [0.4, 0.5) is 0 Å². The van der Waals surface area contributed by atoms with Gasteiger partial charge in [0.25, 0.3) is 0 Å². The van der Waals surface area contributed by atoms with Crippen LogP contribution in [-0.2, 0) is 7.05 Å². The SMILES string of the molecule is Cl.Cl.Cn1nc(C2CCCNC2)c2cccnc21. The average molecular weight is 289 g/mol. The molecule has 1 N–H and O–H groups in total. The van der Waals surface area contributed by atoms with Gasteiger partial charge in [0.05, 0.1) is 5.69 Å².